The van der Waals surface area contributed by atoms with Crippen LogP contribution < -0.4 is 21.7 Å². The highest BCUT2D eigenvalue weighted by atomic mass is 19.4. The third-order valence-corrected chi connectivity index (χ3v) is 3.70. The van der Waals surface area contributed by atoms with E-state index < -0.39 is 41.7 Å². The minimum atomic E-state index is -4.48. The van der Waals surface area contributed by atoms with Gasteiger partial charge in [-0.15, -0.1) is 0 Å². The number of benzene rings is 1. The van der Waals surface area contributed by atoms with Crippen molar-refractivity contribution in [3.8, 4) is 0 Å². The Labute approximate surface area is 141 Å². The molecule has 3 unspecified atom stereocenters. The molecule has 0 radical (unpaired) electrons. The average Bonchev–Trinajstić information content (AvgIpc) is 2.50. The van der Waals surface area contributed by atoms with Gasteiger partial charge >= 0.3 is 6.18 Å². The van der Waals surface area contributed by atoms with Gasteiger partial charge in [-0.1, -0.05) is 12.1 Å². The van der Waals surface area contributed by atoms with Crippen LogP contribution in [0.25, 0.3) is 0 Å². The number of carbonyl (C=O) groups excluding carboxylic acids is 2. The van der Waals surface area contributed by atoms with E-state index in [1.165, 1.54) is 0 Å². The molecule has 7 nitrogen and oxygen atoms in total. The molecule has 2 amide bonds. The Morgan fingerprint density at radius 1 is 1.36 bits per heavy atom. The molecule has 136 valence electrons. The highest BCUT2D eigenvalue weighted by Crippen LogP contribution is 2.30. The first-order valence-electron chi connectivity index (χ1n) is 7.45. The summed E-state index contributed by atoms with van der Waals surface area (Å²) in [7, 11) is 0. The number of nitrogens with one attached hydrogen (secondary N) is 4. The van der Waals surface area contributed by atoms with Crippen LogP contribution in [0.3, 0.4) is 0 Å². The Morgan fingerprint density at radius 3 is 2.44 bits per heavy atom. The van der Waals surface area contributed by atoms with Crippen molar-refractivity contribution in [2.24, 2.45) is 5.73 Å². The molecule has 6 N–H and O–H groups in total. The highest BCUT2D eigenvalue weighted by Gasteiger charge is 2.32. The first-order chi connectivity index (χ1) is 11.6. The van der Waals surface area contributed by atoms with Crippen LogP contribution in [0.2, 0.25) is 0 Å². The molecule has 1 aromatic rings. The first kappa shape index (κ1) is 18.7. The van der Waals surface area contributed by atoms with E-state index in [1.807, 2.05) is 0 Å². The summed E-state index contributed by atoms with van der Waals surface area (Å²) in [6.07, 6.45) is -4.98. The van der Waals surface area contributed by atoms with E-state index in [-0.39, 0.29) is 17.9 Å². The minimum absolute atomic E-state index is 0.0895. The maximum atomic E-state index is 12.6. The lowest BCUT2D eigenvalue weighted by molar-refractivity contribution is -0.137. The van der Waals surface area contributed by atoms with Gasteiger partial charge in [-0.05, 0) is 24.6 Å². The van der Waals surface area contributed by atoms with Crippen LogP contribution in [0.5, 0.6) is 0 Å². The Kier molecular flexibility index (Phi) is 5.31. The number of halogens is 3. The topological polar surface area (TPSA) is 120 Å². The van der Waals surface area contributed by atoms with Crippen LogP contribution in [0.4, 0.5) is 13.2 Å². The van der Waals surface area contributed by atoms with E-state index in [1.54, 1.807) is 6.92 Å². The Hall–Kier alpha value is -2.62. The maximum absolute atomic E-state index is 12.6. The fraction of sp³-hybridized carbons (Fsp3) is 0.400. The second kappa shape index (κ2) is 7.09. The maximum Gasteiger partial charge on any atom is 0.416 e. The molecule has 0 aliphatic carbocycles. The molecule has 1 heterocycles. The van der Waals surface area contributed by atoms with Crippen LogP contribution in [0.15, 0.2) is 24.3 Å². The molecule has 1 aliphatic rings. The van der Waals surface area contributed by atoms with Crippen LogP contribution in [-0.4, -0.2) is 29.9 Å². The summed E-state index contributed by atoms with van der Waals surface area (Å²) in [4.78, 5) is 23.8. The molecule has 10 heteroatoms. The lowest BCUT2D eigenvalue weighted by Crippen LogP contribution is -2.60. The SMILES string of the molecule is CC1NC(=O)CC(C(=O)NC(C(=N)N)c2ccc(C(F)(F)F)cc2)N1. The van der Waals surface area contributed by atoms with Gasteiger partial charge in [0.15, 0.2) is 0 Å². The molecule has 0 aromatic heterocycles. The third-order valence-electron chi connectivity index (χ3n) is 3.70. The van der Waals surface area contributed by atoms with Gasteiger partial charge in [0.1, 0.15) is 11.9 Å². The van der Waals surface area contributed by atoms with Crippen molar-refractivity contribution in [1.29, 1.82) is 5.41 Å². The second-order valence-electron chi connectivity index (χ2n) is 5.73. The summed E-state index contributed by atoms with van der Waals surface area (Å²) in [5.41, 5.74) is 4.87. The lowest BCUT2D eigenvalue weighted by Gasteiger charge is -2.30. The monoisotopic (exact) mass is 357 g/mol. The Balaban J connectivity index is 2.14. The quantitative estimate of drug-likeness (QED) is 0.401. The zero-order valence-corrected chi connectivity index (χ0v) is 13.3. The first-order valence-corrected chi connectivity index (χ1v) is 7.45. The normalized spacial score (nSPS) is 22.0. The number of rotatable bonds is 4. The summed E-state index contributed by atoms with van der Waals surface area (Å²) in [6, 6.07) is 2.10. The molecule has 0 saturated carbocycles. The smallest absolute Gasteiger partial charge is 0.386 e. The number of amides is 2. The van der Waals surface area contributed by atoms with E-state index in [9.17, 15) is 22.8 Å². The van der Waals surface area contributed by atoms with Gasteiger partial charge < -0.3 is 16.4 Å². The van der Waals surface area contributed by atoms with Gasteiger partial charge in [0.2, 0.25) is 11.8 Å². The number of hydrogen-bond acceptors (Lipinski definition) is 4. The summed E-state index contributed by atoms with van der Waals surface area (Å²) >= 11 is 0. The fourth-order valence-electron chi connectivity index (χ4n) is 2.50. The molecule has 1 saturated heterocycles. The van der Waals surface area contributed by atoms with Crippen molar-refractivity contribution in [3.63, 3.8) is 0 Å². The van der Waals surface area contributed by atoms with Gasteiger partial charge in [-0.3, -0.25) is 20.3 Å². The van der Waals surface area contributed by atoms with Crippen molar-refractivity contribution in [2.75, 3.05) is 0 Å². The van der Waals surface area contributed by atoms with E-state index in [0.29, 0.717) is 0 Å². The Morgan fingerprint density at radius 2 is 1.96 bits per heavy atom. The minimum Gasteiger partial charge on any atom is -0.386 e. The summed E-state index contributed by atoms with van der Waals surface area (Å²) in [6.45, 7) is 1.66. The standard InChI is InChI=1S/C15H18F3N5O2/c1-7-21-10(6-11(24)22-7)14(25)23-12(13(19)20)8-2-4-9(5-3-8)15(16,17)18/h2-5,7,10,12,21H,6H2,1H3,(H3,19,20)(H,22,24)(H,23,25). The lowest BCUT2D eigenvalue weighted by atomic mass is 10.0. The number of nitrogens with two attached hydrogens (primary N) is 1. The molecule has 0 spiro atoms. The summed E-state index contributed by atoms with van der Waals surface area (Å²) in [5.74, 6) is -1.30. The number of alkyl halides is 3. The number of hydrogen-bond donors (Lipinski definition) is 5. The van der Waals surface area contributed by atoms with Gasteiger partial charge in [-0.2, -0.15) is 13.2 Å². The number of amidine groups is 1. The molecule has 1 aromatic carbocycles. The van der Waals surface area contributed by atoms with Gasteiger partial charge in [0.05, 0.1) is 24.2 Å². The predicted molar refractivity (Wildman–Crippen MR) is 83.4 cm³/mol. The second-order valence-corrected chi connectivity index (χ2v) is 5.73. The van der Waals surface area contributed by atoms with E-state index in [2.05, 4.69) is 16.0 Å². The van der Waals surface area contributed by atoms with Gasteiger partial charge in [-0.25, -0.2) is 0 Å². The molecule has 1 aliphatic heterocycles. The molecular formula is C15H18F3N5O2. The zero-order valence-electron chi connectivity index (χ0n) is 13.3. The van der Waals surface area contributed by atoms with Crippen molar-refractivity contribution >= 4 is 17.6 Å². The summed E-state index contributed by atoms with van der Waals surface area (Å²) in [5, 5.41) is 15.5. The van der Waals surface area contributed by atoms with Gasteiger partial charge in [0.25, 0.3) is 0 Å². The Bertz CT molecular complexity index is 675. The molecule has 2 rings (SSSR count). The van der Waals surface area contributed by atoms with Crippen LogP contribution in [0.1, 0.15) is 30.5 Å². The predicted octanol–water partition coefficient (Wildman–Crippen LogP) is 0.623. The van der Waals surface area contributed by atoms with Crippen molar-refractivity contribution in [3.05, 3.63) is 35.4 Å². The molecule has 25 heavy (non-hydrogen) atoms. The molecule has 3 atom stereocenters. The van der Waals surface area contributed by atoms with E-state index >= 15 is 0 Å². The zero-order chi connectivity index (χ0) is 18.8. The van der Waals surface area contributed by atoms with Crippen LogP contribution in [0, 0.1) is 5.41 Å². The van der Waals surface area contributed by atoms with E-state index in [4.69, 9.17) is 11.1 Å². The van der Waals surface area contributed by atoms with Crippen molar-refractivity contribution < 1.29 is 22.8 Å². The number of carbonyl (C=O) groups is 2. The molecule has 0 bridgehead atoms. The fourth-order valence-corrected chi connectivity index (χ4v) is 2.50. The highest BCUT2D eigenvalue weighted by molar-refractivity contribution is 5.94. The van der Waals surface area contributed by atoms with Gasteiger partial charge in [0, 0.05) is 0 Å². The molecular weight excluding hydrogens is 339 g/mol. The van der Waals surface area contributed by atoms with Crippen molar-refractivity contribution in [2.45, 2.75) is 37.8 Å². The average molecular weight is 357 g/mol. The largest absolute Gasteiger partial charge is 0.416 e. The summed E-state index contributed by atoms with van der Waals surface area (Å²) < 4.78 is 37.9. The van der Waals surface area contributed by atoms with Crippen LogP contribution >= 0.6 is 0 Å². The third kappa shape index (κ3) is 4.69. The van der Waals surface area contributed by atoms with Crippen LogP contribution in [-0.2, 0) is 15.8 Å². The molecule has 1 fully saturated rings. The van der Waals surface area contributed by atoms with Crippen molar-refractivity contribution in [1.82, 2.24) is 16.0 Å². The van der Waals surface area contributed by atoms with E-state index in [0.717, 1.165) is 24.3 Å².